The molecule has 1 aliphatic heterocycles. The molecule has 0 aliphatic carbocycles. The Kier molecular flexibility index (Phi) is 5.23. The molecule has 1 aromatic carbocycles. The number of rotatable bonds is 5. The summed E-state index contributed by atoms with van der Waals surface area (Å²) in [6.07, 6.45) is 3.93. The van der Waals surface area contributed by atoms with E-state index >= 15 is 0 Å². The molecule has 0 radical (unpaired) electrons. The molecule has 2 rings (SSSR count). The molecule has 1 fully saturated rings. The van der Waals surface area contributed by atoms with Crippen molar-refractivity contribution < 1.29 is 4.79 Å². The second-order valence-corrected chi connectivity index (χ2v) is 5.61. The number of amides is 1. The lowest BCUT2D eigenvalue weighted by Crippen LogP contribution is -2.29. The van der Waals surface area contributed by atoms with Crippen molar-refractivity contribution in [1.82, 2.24) is 10.6 Å². The molecular formula is C15H21ClN2O. The van der Waals surface area contributed by atoms with Gasteiger partial charge in [0.05, 0.1) is 6.04 Å². The van der Waals surface area contributed by atoms with Crippen LogP contribution < -0.4 is 10.6 Å². The first-order valence-electron chi connectivity index (χ1n) is 6.93. The fourth-order valence-electron chi connectivity index (χ4n) is 2.48. The normalized spacial score (nSPS) is 20.2. The van der Waals surface area contributed by atoms with Crippen molar-refractivity contribution in [3.63, 3.8) is 0 Å². The van der Waals surface area contributed by atoms with Crippen molar-refractivity contribution in [2.45, 2.75) is 44.7 Å². The van der Waals surface area contributed by atoms with Gasteiger partial charge >= 0.3 is 0 Å². The van der Waals surface area contributed by atoms with Crippen LogP contribution in [0.3, 0.4) is 0 Å². The van der Waals surface area contributed by atoms with Gasteiger partial charge < -0.3 is 10.6 Å². The Morgan fingerprint density at radius 2 is 2.42 bits per heavy atom. The molecule has 4 heteroatoms. The molecule has 1 amide bonds. The Bertz CT molecular complexity index is 430. The molecular weight excluding hydrogens is 260 g/mol. The van der Waals surface area contributed by atoms with Crippen molar-refractivity contribution in [3.8, 4) is 0 Å². The molecule has 19 heavy (non-hydrogen) atoms. The summed E-state index contributed by atoms with van der Waals surface area (Å²) in [5.74, 6) is 0.112. The maximum absolute atomic E-state index is 11.9. The van der Waals surface area contributed by atoms with Gasteiger partial charge in [-0.1, -0.05) is 23.7 Å². The lowest BCUT2D eigenvalue weighted by atomic mass is 10.1. The molecule has 0 saturated carbocycles. The quantitative estimate of drug-likeness (QED) is 0.870. The van der Waals surface area contributed by atoms with Gasteiger partial charge in [-0.15, -0.1) is 0 Å². The first-order valence-corrected chi connectivity index (χ1v) is 7.31. The summed E-state index contributed by atoms with van der Waals surface area (Å²) in [6, 6.07) is 8.14. The standard InChI is InChI=1S/C15H21ClN2O/c1-11(12-4-2-5-13(16)10-12)18-15(19)8-7-14-6-3-9-17-14/h2,4-5,10-11,14,17H,3,6-9H2,1H3,(H,18,19). The Morgan fingerprint density at radius 3 is 3.11 bits per heavy atom. The number of nitrogens with one attached hydrogen (secondary N) is 2. The third-order valence-corrected chi connectivity index (χ3v) is 3.84. The highest BCUT2D eigenvalue weighted by Crippen LogP contribution is 2.18. The van der Waals surface area contributed by atoms with Gasteiger partial charge in [0.1, 0.15) is 0 Å². The van der Waals surface area contributed by atoms with Gasteiger partial charge in [-0.05, 0) is 50.4 Å². The van der Waals surface area contributed by atoms with Crippen molar-refractivity contribution in [2.24, 2.45) is 0 Å². The zero-order valence-corrected chi connectivity index (χ0v) is 12.0. The van der Waals surface area contributed by atoms with Crippen LogP contribution in [0.5, 0.6) is 0 Å². The summed E-state index contributed by atoms with van der Waals surface area (Å²) < 4.78 is 0. The van der Waals surface area contributed by atoms with Crippen LogP contribution in [0.25, 0.3) is 0 Å². The van der Waals surface area contributed by atoms with Crippen LogP contribution in [0.4, 0.5) is 0 Å². The molecule has 0 aromatic heterocycles. The molecule has 1 aliphatic rings. The van der Waals surface area contributed by atoms with E-state index < -0.39 is 0 Å². The summed E-state index contributed by atoms with van der Waals surface area (Å²) in [6.45, 7) is 3.07. The Morgan fingerprint density at radius 1 is 1.58 bits per heavy atom. The van der Waals surface area contributed by atoms with E-state index in [0.717, 1.165) is 18.5 Å². The van der Waals surface area contributed by atoms with E-state index in [1.165, 1.54) is 12.8 Å². The van der Waals surface area contributed by atoms with Crippen LogP contribution in [0.1, 0.15) is 44.2 Å². The van der Waals surface area contributed by atoms with Gasteiger partial charge in [0.15, 0.2) is 0 Å². The third-order valence-electron chi connectivity index (χ3n) is 3.61. The summed E-state index contributed by atoms with van der Waals surface area (Å²) in [7, 11) is 0. The topological polar surface area (TPSA) is 41.1 Å². The Labute approximate surface area is 119 Å². The molecule has 1 heterocycles. The monoisotopic (exact) mass is 280 g/mol. The minimum Gasteiger partial charge on any atom is -0.350 e. The van der Waals surface area contributed by atoms with Crippen molar-refractivity contribution in [1.29, 1.82) is 0 Å². The van der Waals surface area contributed by atoms with Crippen LogP contribution >= 0.6 is 11.6 Å². The van der Waals surface area contributed by atoms with Crippen LogP contribution in [0.2, 0.25) is 5.02 Å². The summed E-state index contributed by atoms with van der Waals surface area (Å²) in [5, 5.41) is 7.13. The molecule has 3 nitrogen and oxygen atoms in total. The van der Waals surface area contributed by atoms with E-state index in [4.69, 9.17) is 11.6 Å². The number of halogens is 1. The molecule has 0 bridgehead atoms. The average molecular weight is 281 g/mol. The molecule has 1 saturated heterocycles. The zero-order chi connectivity index (χ0) is 13.7. The van der Waals surface area contributed by atoms with Crippen molar-refractivity contribution in [2.75, 3.05) is 6.54 Å². The fourth-order valence-corrected chi connectivity index (χ4v) is 2.68. The predicted octanol–water partition coefficient (Wildman–Crippen LogP) is 3.05. The SMILES string of the molecule is CC(NC(=O)CCC1CCCN1)c1cccc(Cl)c1. The Balaban J connectivity index is 1.77. The molecule has 2 atom stereocenters. The highest BCUT2D eigenvalue weighted by Gasteiger charge is 2.16. The third kappa shape index (κ3) is 4.51. The second-order valence-electron chi connectivity index (χ2n) is 5.18. The van der Waals surface area contributed by atoms with E-state index in [-0.39, 0.29) is 11.9 Å². The molecule has 2 N–H and O–H groups in total. The number of hydrogen-bond donors (Lipinski definition) is 2. The van der Waals surface area contributed by atoms with Gasteiger partial charge in [0.25, 0.3) is 0 Å². The smallest absolute Gasteiger partial charge is 0.220 e. The maximum atomic E-state index is 11.9. The molecule has 1 aromatic rings. The zero-order valence-electron chi connectivity index (χ0n) is 11.3. The lowest BCUT2D eigenvalue weighted by Gasteiger charge is -2.16. The van der Waals surface area contributed by atoms with Gasteiger partial charge in [-0.25, -0.2) is 0 Å². The minimum atomic E-state index is 0.00253. The van der Waals surface area contributed by atoms with Gasteiger partial charge in [0, 0.05) is 17.5 Å². The van der Waals surface area contributed by atoms with Crippen molar-refractivity contribution >= 4 is 17.5 Å². The number of hydrogen-bond acceptors (Lipinski definition) is 2. The van der Waals surface area contributed by atoms with E-state index in [1.807, 2.05) is 31.2 Å². The fraction of sp³-hybridized carbons (Fsp3) is 0.533. The van der Waals surface area contributed by atoms with Crippen LogP contribution in [-0.4, -0.2) is 18.5 Å². The van der Waals surface area contributed by atoms with Gasteiger partial charge in [-0.2, -0.15) is 0 Å². The van der Waals surface area contributed by atoms with Gasteiger partial charge in [0.2, 0.25) is 5.91 Å². The first kappa shape index (κ1) is 14.4. The minimum absolute atomic E-state index is 0.00253. The molecule has 104 valence electrons. The van der Waals surface area contributed by atoms with Crippen LogP contribution in [-0.2, 0) is 4.79 Å². The van der Waals surface area contributed by atoms with E-state index in [1.54, 1.807) is 0 Å². The maximum Gasteiger partial charge on any atom is 0.220 e. The largest absolute Gasteiger partial charge is 0.350 e. The first-order chi connectivity index (χ1) is 9.15. The van der Waals surface area contributed by atoms with E-state index in [2.05, 4.69) is 10.6 Å². The number of carbonyl (C=O) groups excluding carboxylic acids is 1. The van der Waals surface area contributed by atoms with Crippen LogP contribution in [0, 0.1) is 0 Å². The summed E-state index contributed by atoms with van der Waals surface area (Å²) in [4.78, 5) is 11.9. The Hall–Kier alpha value is -1.06. The number of carbonyl (C=O) groups is 1. The highest BCUT2D eigenvalue weighted by molar-refractivity contribution is 6.30. The van der Waals surface area contributed by atoms with E-state index in [9.17, 15) is 4.79 Å². The second kappa shape index (κ2) is 6.92. The van der Waals surface area contributed by atoms with E-state index in [0.29, 0.717) is 17.5 Å². The number of benzene rings is 1. The summed E-state index contributed by atoms with van der Waals surface area (Å²) >= 11 is 5.95. The average Bonchev–Trinajstić information content (AvgIpc) is 2.89. The predicted molar refractivity (Wildman–Crippen MR) is 78.3 cm³/mol. The van der Waals surface area contributed by atoms with Crippen molar-refractivity contribution in [3.05, 3.63) is 34.9 Å². The van der Waals surface area contributed by atoms with Crippen LogP contribution in [0.15, 0.2) is 24.3 Å². The molecule has 2 unspecified atom stereocenters. The van der Waals surface area contributed by atoms with Gasteiger partial charge in [-0.3, -0.25) is 4.79 Å². The highest BCUT2D eigenvalue weighted by atomic mass is 35.5. The molecule has 0 spiro atoms. The lowest BCUT2D eigenvalue weighted by molar-refractivity contribution is -0.121. The summed E-state index contributed by atoms with van der Waals surface area (Å²) in [5.41, 5.74) is 1.04.